The van der Waals surface area contributed by atoms with Crippen molar-refractivity contribution >= 4 is 17.3 Å². The van der Waals surface area contributed by atoms with Crippen molar-refractivity contribution in [3.05, 3.63) is 53.6 Å². The summed E-state index contributed by atoms with van der Waals surface area (Å²) >= 11 is 0. The second kappa shape index (κ2) is 7.77. The highest BCUT2D eigenvalue weighted by atomic mass is 19.4. The molecular formula is C19H21F3N4O. The Labute approximate surface area is 155 Å². The first-order chi connectivity index (χ1) is 12.8. The zero-order chi connectivity index (χ0) is 19.4. The van der Waals surface area contributed by atoms with Crippen LogP contribution >= 0.6 is 0 Å². The van der Waals surface area contributed by atoms with E-state index in [9.17, 15) is 13.2 Å². The molecule has 2 aromatic rings. The number of alkyl halides is 3. The number of nitrogens with zero attached hydrogens (tertiary/aromatic N) is 2. The maximum atomic E-state index is 12.5. The van der Waals surface area contributed by atoms with Gasteiger partial charge in [0, 0.05) is 19.3 Å². The molecular weight excluding hydrogens is 357 g/mol. The lowest BCUT2D eigenvalue weighted by Gasteiger charge is -2.27. The van der Waals surface area contributed by atoms with Crippen LogP contribution in [0.4, 0.5) is 24.5 Å². The molecule has 3 N–H and O–H groups in total. The van der Waals surface area contributed by atoms with Gasteiger partial charge in [0.25, 0.3) is 0 Å². The van der Waals surface area contributed by atoms with Gasteiger partial charge in [-0.15, -0.1) is 13.2 Å². The predicted octanol–water partition coefficient (Wildman–Crippen LogP) is 3.89. The van der Waals surface area contributed by atoms with Gasteiger partial charge in [-0.25, -0.2) is 4.99 Å². The molecule has 2 aromatic carbocycles. The summed E-state index contributed by atoms with van der Waals surface area (Å²) in [5, 5.41) is 2.67. The Hall–Kier alpha value is -2.90. The van der Waals surface area contributed by atoms with E-state index in [1.165, 1.54) is 29.4 Å². The second-order valence-corrected chi connectivity index (χ2v) is 6.36. The first kappa shape index (κ1) is 18.9. The number of halogens is 3. The molecule has 0 amide bonds. The van der Waals surface area contributed by atoms with Crippen LogP contribution in [0, 0.1) is 0 Å². The zero-order valence-electron chi connectivity index (χ0n) is 14.9. The van der Waals surface area contributed by atoms with Crippen molar-refractivity contribution in [2.75, 3.05) is 23.8 Å². The molecule has 0 saturated carbocycles. The van der Waals surface area contributed by atoms with E-state index in [2.05, 4.69) is 39.1 Å². The molecule has 0 unspecified atom stereocenters. The van der Waals surface area contributed by atoms with Crippen LogP contribution in [0.5, 0.6) is 5.75 Å². The van der Waals surface area contributed by atoms with E-state index in [-0.39, 0.29) is 17.4 Å². The fourth-order valence-corrected chi connectivity index (χ4v) is 3.07. The average Bonchev–Trinajstić information content (AvgIpc) is 2.60. The first-order valence-corrected chi connectivity index (χ1v) is 8.56. The maximum Gasteiger partial charge on any atom is 0.573 e. The summed E-state index contributed by atoms with van der Waals surface area (Å²) in [6, 6.07) is 11.8. The molecule has 144 valence electrons. The number of hydrogen-bond donors (Lipinski definition) is 2. The van der Waals surface area contributed by atoms with E-state index in [0.717, 1.165) is 24.9 Å². The van der Waals surface area contributed by atoms with E-state index in [1.807, 2.05) is 6.07 Å². The number of guanidine groups is 1. The number of benzene rings is 2. The van der Waals surface area contributed by atoms with Crippen molar-refractivity contribution < 1.29 is 17.9 Å². The number of aryl methyl sites for hydroxylation is 1. The lowest BCUT2D eigenvalue weighted by Crippen LogP contribution is -2.25. The Morgan fingerprint density at radius 3 is 2.81 bits per heavy atom. The minimum absolute atomic E-state index is 0.0167. The van der Waals surface area contributed by atoms with E-state index < -0.39 is 6.36 Å². The van der Waals surface area contributed by atoms with E-state index in [0.29, 0.717) is 6.54 Å². The van der Waals surface area contributed by atoms with Gasteiger partial charge in [0.2, 0.25) is 0 Å². The van der Waals surface area contributed by atoms with Crippen LogP contribution in [0.3, 0.4) is 0 Å². The van der Waals surface area contributed by atoms with Crippen LogP contribution in [0.15, 0.2) is 47.5 Å². The number of nitrogens with two attached hydrogens (primary N) is 1. The molecule has 5 nitrogen and oxygen atoms in total. The summed E-state index contributed by atoms with van der Waals surface area (Å²) in [4.78, 5) is 6.45. The third-order valence-corrected chi connectivity index (χ3v) is 4.30. The van der Waals surface area contributed by atoms with Gasteiger partial charge in [-0.2, -0.15) is 0 Å². The number of anilines is 2. The number of fused-ring (bicyclic) bond motifs is 1. The molecule has 0 aromatic heterocycles. The van der Waals surface area contributed by atoms with E-state index in [4.69, 9.17) is 5.73 Å². The molecule has 0 atom stereocenters. The Balaban J connectivity index is 1.69. The highest BCUT2D eigenvalue weighted by Gasteiger charge is 2.32. The monoisotopic (exact) mass is 378 g/mol. The molecule has 3 rings (SSSR count). The summed E-state index contributed by atoms with van der Waals surface area (Å²) in [6.07, 6.45) is -2.65. The summed E-state index contributed by atoms with van der Waals surface area (Å²) < 4.78 is 41.4. The lowest BCUT2D eigenvalue weighted by molar-refractivity contribution is -0.274. The number of hydrogen-bond acceptors (Lipinski definition) is 3. The average molecular weight is 378 g/mol. The number of rotatable bonds is 4. The Kier molecular flexibility index (Phi) is 5.43. The van der Waals surface area contributed by atoms with Crippen molar-refractivity contribution in [2.45, 2.75) is 25.7 Å². The number of nitrogens with one attached hydrogen (secondary N) is 1. The van der Waals surface area contributed by atoms with Gasteiger partial charge >= 0.3 is 6.36 Å². The SMILES string of the molecule is CN1CCCc2cc(CN=C(N)Nc3ccccc3OC(F)(F)F)ccc21. The molecule has 27 heavy (non-hydrogen) atoms. The Morgan fingerprint density at radius 1 is 1.26 bits per heavy atom. The van der Waals surface area contributed by atoms with Crippen LogP contribution in [0.2, 0.25) is 0 Å². The molecule has 0 fully saturated rings. The van der Waals surface area contributed by atoms with E-state index >= 15 is 0 Å². The van der Waals surface area contributed by atoms with Crippen LogP contribution in [0.25, 0.3) is 0 Å². The third kappa shape index (κ3) is 5.06. The smallest absolute Gasteiger partial charge is 0.404 e. The molecule has 0 aliphatic carbocycles. The second-order valence-electron chi connectivity index (χ2n) is 6.36. The molecule has 0 bridgehead atoms. The summed E-state index contributed by atoms with van der Waals surface area (Å²) in [7, 11) is 2.07. The molecule has 0 saturated heterocycles. The first-order valence-electron chi connectivity index (χ1n) is 8.56. The van der Waals surface area contributed by atoms with Crippen molar-refractivity contribution in [3.63, 3.8) is 0 Å². The quantitative estimate of drug-likeness (QED) is 0.626. The van der Waals surface area contributed by atoms with Gasteiger partial charge in [0.1, 0.15) is 0 Å². The molecule has 8 heteroatoms. The summed E-state index contributed by atoms with van der Waals surface area (Å²) in [5.74, 6) is -0.344. The van der Waals surface area contributed by atoms with Gasteiger partial charge < -0.3 is 20.7 Å². The van der Waals surface area contributed by atoms with Gasteiger partial charge in [0.05, 0.1) is 12.2 Å². The van der Waals surface area contributed by atoms with Gasteiger partial charge in [-0.1, -0.05) is 24.3 Å². The lowest BCUT2D eigenvalue weighted by atomic mass is 10.00. The van der Waals surface area contributed by atoms with Crippen molar-refractivity contribution in [1.29, 1.82) is 0 Å². The van der Waals surface area contributed by atoms with Crippen LogP contribution in [-0.4, -0.2) is 25.9 Å². The van der Waals surface area contributed by atoms with Crippen LogP contribution in [0.1, 0.15) is 17.5 Å². The van der Waals surface area contributed by atoms with Gasteiger partial charge in [0.15, 0.2) is 11.7 Å². The molecule has 0 spiro atoms. The number of para-hydroxylation sites is 2. The van der Waals surface area contributed by atoms with Crippen LogP contribution < -0.4 is 20.7 Å². The largest absolute Gasteiger partial charge is 0.573 e. The predicted molar refractivity (Wildman–Crippen MR) is 100 cm³/mol. The minimum atomic E-state index is -4.78. The summed E-state index contributed by atoms with van der Waals surface area (Å²) in [5.41, 5.74) is 9.43. The highest BCUT2D eigenvalue weighted by Crippen LogP contribution is 2.30. The van der Waals surface area contributed by atoms with Crippen molar-refractivity contribution in [1.82, 2.24) is 0 Å². The molecule has 0 radical (unpaired) electrons. The van der Waals surface area contributed by atoms with Crippen molar-refractivity contribution in [2.24, 2.45) is 10.7 Å². The summed E-state index contributed by atoms with van der Waals surface area (Å²) in [6.45, 7) is 1.37. The maximum absolute atomic E-state index is 12.5. The fourth-order valence-electron chi connectivity index (χ4n) is 3.07. The molecule has 1 heterocycles. The van der Waals surface area contributed by atoms with E-state index in [1.54, 1.807) is 6.07 Å². The van der Waals surface area contributed by atoms with Gasteiger partial charge in [-0.05, 0) is 42.2 Å². The van der Waals surface area contributed by atoms with Crippen LogP contribution in [-0.2, 0) is 13.0 Å². The molecule has 1 aliphatic rings. The zero-order valence-corrected chi connectivity index (χ0v) is 14.9. The minimum Gasteiger partial charge on any atom is -0.404 e. The normalized spacial score (nSPS) is 14.7. The fraction of sp³-hybridized carbons (Fsp3) is 0.316. The standard InChI is InChI=1S/C19H21F3N4O/c1-26-10-4-5-14-11-13(8-9-16(14)26)12-24-18(23)25-15-6-2-3-7-17(15)27-19(20,21)22/h2-3,6-9,11H,4-5,10,12H2,1H3,(H3,23,24,25). The van der Waals surface area contributed by atoms with Crippen molar-refractivity contribution in [3.8, 4) is 5.75 Å². The highest BCUT2D eigenvalue weighted by molar-refractivity contribution is 5.93. The number of ether oxygens (including phenoxy) is 1. The Morgan fingerprint density at radius 2 is 2.04 bits per heavy atom. The Bertz CT molecular complexity index is 836. The third-order valence-electron chi connectivity index (χ3n) is 4.30. The van der Waals surface area contributed by atoms with Gasteiger partial charge in [-0.3, -0.25) is 0 Å². The number of aliphatic imine (C=N–C) groups is 1. The molecule has 1 aliphatic heterocycles. The topological polar surface area (TPSA) is 62.9 Å².